The first-order valence-electron chi connectivity index (χ1n) is 13.1. The lowest BCUT2D eigenvalue weighted by Gasteiger charge is -2.19. The first-order valence-corrected chi connectivity index (χ1v) is 14.6. The van der Waals surface area contributed by atoms with Crippen LogP contribution in [-0.2, 0) is 20.7 Å². The largest absolute Gasteiger partial charge is 0.490 e. The van der Waals surface area contributed by atoms with E-state index in [-0.39, 0.29) is 70.0 Å². The fourth-order valence-electron chi connectivity index (χ4n) is 4.00. The first kappa shape index (κ1) is 34.6. The lowest BCUT2D eigenvalue weighted by atomic mass is 10.1. The number of esters is 2. The number of aryl methyl sites for hydroxylation is 1. The number of hydrogen-bond donors (Lipinski definition) is 3. The zero-order valence-electron chi connectivity index (χ0n) is 23.4. The van der Waals surface area contributed by atoms with Gasteiger partial charge >= 0.3 is 11.9 Å². The van der Waals surface area contributed by atoms with Gasteiger partial charge in [0.15, 0.2) is 11.5 Å². The minimum Gasteiger partial charge on any atom is -0.490 e. The van der Waals surface area contributed by atoms with E-state index in [1.54, 1.807) is 48.5 Å². The number of halogens is 4. The van der Waals surface area contributed by atoms with E-state index >= 15 is 0 Å². The SMILES string of the molecule is COC(=O)CCc1cc(Cl)c(OCCC(O)C(O)CCOc2c(Cl)cc(Nc3ccccc3C(=O)OC)cc2Cl)c(Cl)c1. The lowest BCUT2D eigenvalue weighted by Crippen LogP contribution is -2.29. The summed E-state index contributed by atoms with van der Waals surface area (Å²) in [6.07, 6.45) is -1.48. The third-order valence-corrected chi connectivity index (χ3v) is 7.40. The van der Waals surface area contributed by atoms with Gasteiger partial charge in [0.25, 0.3) is 0 Å². The van der Waals surface area contributed by atoms with Gasteiger partial charge in [-0.05, 0) is 48.4 Å². The maximum atomic E-state index is 12.0. The van der Waals surface area contributed by atoms with Crippen LogP contribution in [0.2, 0.25) is 20.1 Å². The number of carbonyl (C=O) groups is 2. The molecular formula is C30H31Cl4NO8. The van der Waals surface area contributed by atoms with Gasteiger partial charge in [0.1, 0.15) is 0 Å². The molecule has 0 saturated heterocycles. The molecule has 0 radical (unpaired) electrons. The minimum absolute atomic E-state index is 0.0150. The van der Waals surface area contributed by atoms with E-state index < -0.39 is 18.2 Å². The quantitative estimate of drug-likeness (QED) is 0.148. The molecule has 0 fully saturated rings. The summed E-state index contributed by atoms with van der Waals surface area (Å²) in [6.45, 7) is 0.0480. The average Bonchev–Trinajstić information content (AvgIpc) is 2.98. The van der Waals surface area contributed by atoms with Crippen molar-refractivity contribution in [1.82, 2.24) is 0 Å². The Bertz CT molecular complexity index is 1370. The molecule has 3 aromatic carbocycles. The molecule has 3 rings (SSSR count). The predicted octanol–water partition coefficient (Wildman–Crippen LogP) is 6.90. The van der Waals surface area contributed by atoms with Crippen molar-refractivity contribution in [2.75, 3.05) is 32.8 Å². The molecule has 9 nitrogen and oxygen atoms in total. The van der Waals surface area contributed by atoms with Gasteiger partial charge < -0.3 is 34.5 Å². The van der Waals surface area contributed by atoms with Crippen molar-refractivity contribution in [2.45, 2.75) is 37.9 Å². The normalized spacial score (nSPS) is 12.3. The van der Waals surface area contributed by atoms with Crippen LogP contribution in [0, 0.1) is 0 Å². The summed E-state index contributed by atoms with van der Waals surface area (Å²) in [5, 5.41) is 24.8. The van der Waals surface area contributed by atoms with E-state index in [1.165, 1.54) is 14.2 Å². The molecular weight excluding hydrogens is 644 g/mol. The van der Waals surface area contributed by atoms with Crippen LogP contribution in [0.5, 0.6) is 11.5 Å². The Labute approximate surface area is 269 Å². The summed E-state index contributed by atoms with van der Waals surface area (Å²) >= 11 is 25.4. The topological polar surface area (TPSA) is 124 Å². The van der Waals surface area contributed by atoms with E-state index in [2.05, 4.69) is 10.1 Å². The van der Waals surface area contributed by atoms with Crippen LogP contribution in [0.15, 0.2) is 48.5 Å². The fourth-order valence-corrected chi connectivity index (χ4v) is 5.23. The molecule has 2 unspecified atom stereocenters. The predicted molar refractivity (Wildman–Crippen MR) is 167 cm³/mol. The summed E-state index contributed by atoms with van der Waals surface area (Å²) in [4.78, 5) is 23.4. The zero-order valence-corrected chi connectivity index (χ0v) is 26.4. The van der Waals surface area contributed by atoms with Crippen molar-refractivity contribution in [3.05, 3.63) is 79.7 Å². The second kappa shape index (κ2) is 16.8. The monoisotopic (exact) mass is 673 g/mol. The van der Waals surface area contributed by atoms with Crippen molar-refractivity contribution in [1.29, 1.82) is 0 Å². The number of ether oxygens (including phenoxy) is 4. The summed E-state index contributed by atoms with van der Waals surface area (Å²) in [7, 11) is 2.62. The van der Waals surface area contributed by atoms with E-state index in [9.17, 15) is 19.8 Å². The van der Waals surface area contributed by atoms with Gasteiger partial charge in [-0.3, -0.25) is 4.79 Å². The number of para-hydroxylation sites is 1. The summed E-state index contributed by atoms with van der Waals surface area (Å²) in [6, 6.07) is 13.3. The van der Waals surface area contributed by atoms with Crippen LogP contribution < -0.4 is 14.8 Å². The van der Waals surface area contributed by atoms with E-state index in [0.717, 1.165) is 5.56 Å². The highest BCUT2D eigenvalue weighted by molar-refractivity contribution is 6.38. The van der Waals surface area contributed by atoms with Gasteiger partial charge in [-0.15, -0.1) is 0 Å². The zero-order chi connectivity index (χ0) is 31.5. The van der Waals surface area contributed by atoms with Gasteiger partial charge in [0.2, 0.25) is 0 Å². The van der Waals surface area contributed by atoms with Gasteiger partial charge in [-0.2, -0.15) is 0 Å². The first-order chi connectivity index (χ1) is 20.5. The highest BCUT2D eigenvalue weighted by Gasteiger charge is 2.19. The van der Waals surface area contributed by atoms with Crippen LogP contribution in [0.25, 0.3) is 0 Å². The van der Waals surface area contributed by atoms with Crippen LogP contribution >= 0.6 is 46.4 Å². The standard InChI is InChI=1S/C30H31Cl4NO8/c1-40-27(38)8-7-17-13-20(31)28(21(32)14-17)42-11-9-25(36)26(37)10-12-43-29-22(33)15-18(16-23(29)34)35-24-6-4-3-5-19(24)30(39)41-2/h3-6,13-16,25-26,35-37H,7-12H2,1-2H3. The van der Waals surface area contributed by atoms with Crippen molar-refractivity contribution in [3.63, 3.8) is 0 Å². The molecule has 0 aliphatic heterocycles. The number of aliphatic hydroxyl groups is 2. The summed E-state index contributed by atoms with van der Waals surface area (Å²) in [5.41, 5.74) is 2.11. The fraction of sp³-hybridized carbons (Fsp3) is 0.333. The molecule has 0 bridgehead atoms. The van der Waals surface area contributed by atoms with Gasteiger partial charge in [-0.25, -0.2) is 4.79 Å². The van der Waals surface area contributed by atoms with Crippen LogP contribution in [0.1, 0.15) is 35.2 Å². The number of anilines is 2. The van der Waals surface area contributed by atoms with Crippen LogP contribution in [0.4, 0.5) is 11.4 Å². The molecule has 0 amide bonds. The van der Waals surface area contributed by atoms with Gasteiger partial charge in [-0.1, -0.05) is 58.5 Å². The molecule has 13 heteroatoms. The molecule has 2 atom stereocenters. The number of benzene rings is 3. The average molecular weight is 675 g/mol. The molecule has 3 aromatic rings. The molecule has 0 aliphatic carbocycles. The number of aliphatic hydroxyl groups excluding tert-OH is 2. The van der Waals surface area contributed by atoms with Crippen molar-refractivity contribution < 1.29 is 38.7 Å². The Hall–Kier alpha value is -2.92. The molecule has 3 N–H and O–H groups in total. The second-order valence-electron chi connectivity index (χ2n) is 9.30. The molecule has 0 spiro atoms. The third kappa shape index (κ3) is 10.1. The van der Waals surface area contributed by atoms with Crippen molar-refractivity contribution >= 4 is 69.7 Å². The minimum atomic E-state index is -1.12. The molecule has 0 aliphatic rings. The number of rotatable bonds is 15. The maximum absolute atomic E-state index is 12.0. The van der Waals surface area contributed by atoms with E-state index in [1.807, 2.05) is 0 Å². The third-order valence-electron chi connectivity index (χ3n) is 6.28. The molecule has 0 aromatic heterocycles. The Balaban J connectivity index is 1.49. The van der Waals surface area contributed by atoms with Crippen LogP contribution in [-0.4, -0.2) is 61.8 Å². The number of nitrogens with one attached hydrogen (secondary N) is 1. The number of methoxy groups -OCH3 is 2. The van der Waals surface area contributed by atoms with E-state index in [4.69, 9.17) is 60.6 Å². The summed E-state index contributed by atoms with van der Waals surface area (Å²) < 4.78 is 20.8. The highest BCUT2D eigenvalue weighted by Crippen LogP contribution is 2.38. The smallest absolute Gasteiger partial charge is 0.339 e. The van der Waals surface area contributed by atoms with E-state index in [0.29, 0.717) is 23.4 Å². The lowest BCUT2D eigenvalue weighted by molar-refractivity contribution is -0.140. The molecule has 0 heterocycles. The second-order valence-corrected chi connectivity index (χ2v) is 10.9. The Morgan fingerprint density at radius 3 is 1.81 bits per heavy atom. The van der Waals surface area contributed by atoms with Gasteiger partial charge in [0, 0.05) is 24.9 Å². The summed E-state index contributed by atoms with van der Waals surface area (Å²) in [5.74, 6) is -0.393. The Kier molecular flexibility index (Phi) is 13.5. The van der Waals surface area contributed by atoms with Crippen molar-refractivity contribution in [2.24, 2.45) is 0 Å². The number of carbonyl (C=O) groups excluding carboxylic acids is 2. The molecule has 43 heavy (non-hydrogen) atoms. The van der Waals surface area contributed by atoms with Crippen LogP contribution in [0.3, 0.4) is 0 Å². The molecule has 232 valence electrons. The van der Waals surface area contributed by atoms with Gasteiger partial charge in [0.05, 0.1) is 71.0 Å². The van der Waals surface area contributed by atoms with Crippen molar-refractivity contribution in [3.8, 4) is 11.5 Å². The maximum Gasteiger partial charge on any atom is 0.339 e. The Morgan fingerprint density at radius 2 is 1.30 bits per heavy atom. The molecule has 0 saturated carbocycles. The number of hydrogen-bond acceptors (Lipinski definition) is 9. The Morgan fingerprint density at radius 1 is 0.791 bits per heavy atom. The highest BCUT2D eigenvalue weighted by atomic mass is 35.5.